The van der Waals surface area contributed by atoms with Crippen LogP contribution in [0.15, 0.2) is 18.2 Å². The van der Waals surface area contributed by atoms with Crippen molar-refractivity contribution in [3.8, 4) is 0 Å². The first kappa shape index (κ1) is 12.7. The molecule has 0 saturated heterocycles. The molecule has 0 bridgehead atoms. The Labute approximate surface area is 102 Å². The predicted molar refractivity (Wildman–Crippen MR) is 62.4 cm³/mol. The van der Waals surface area contributed by atoms with Crippen molar-refractivity contribution in [1.29, 1.82) is 0 Å². The summed E-state index contributed by atoms with van der Waals surface area (Å²) in [6, 6.07) is 2.92. The number of amides is 1. The minimum Gasteiger partial charge on any atom is -0.372 e. The molecule has 18 heavy (non-hydrogen) atoms. The minimum atomic E-state index is -4.40. The van der Waals surface area contributed by atoms with Crippen LogP contribution in [0.5, 0.6) is 0 Å². The summed E-state index contributed by atoms with van der Waals surface area (Å²) in [5, 5.41) is 5.45. The maximum absolute atomic E-state index is 12.5. The maximum Gasteiger partial charge on any atom is 0.416 e. The SMILES string of the molecule is CCCC1Nc2ccc(C(F)(F)F)cc2NC1=O. The van der Waals surface area contributed by atoms with E-state index in [1.165, 1.54) is 6.07 Å². The molecule has 0 fully saturated rings. The van der Waals surface area contributed by atoms with Crippen LogP contribution < -0.4 is 10.6 Å². The average molecular weight is 258 g/mol. The molecule has 2 N–H and O–H groups in total. The van der Waals surface area contributed by atoms with Crippen molar-refractivity contribution < 1.29 is 18.0 Å². The molecule has 0 radical (unpaired) electrons. The van der Waals surface area contributed by atoms with Crippen LogP contribution in [-0.4, -0.2) is 11.9 Å². The number of anilines is 2. The molecule has 1 amide bonds. The van der Waals surface area contributed by atoms with E-state index in [-0.39, 0.29) is 17.6 Å². The number of carbonyl (C=O) groups excluding carboxylic acids is 1. The number of alkyl halides is 3. The first-order valence-electron chi connectivity index (χ1n) is 5.70. The second kappa shape index (κ2) is 4.51. The Hall–Kier alpha value is -1.72. The third-order valence-electron chi connectivity index (χ3n) is 2.83. The van der Waals surface area contributed by atoms with Gasteiger partial charge in [0.25, 0.3) is 0 Å². The van der Waals surface area contributed by atoms with Crippen LogP contribution in [0, 0.1) is 0 Å². The van der Waals surface area contributed by atoms with Crippen LogP contribution in [0.1, 0.15) is 25.3 Å². The Morgan fingerprint density at radius 2 is 2.00 bits per heavy atom. The van der Waals surface area contributed by atoms with E-state index in [2.05, 4.69) is 10.6 Å². The zero-order chi connectivity index (χ0) is 13.3. The Balaban J connectivity index is 2.29. The van der Waals surface area contributed by atoms with Crippen LogP contribution in [-0.2, 0) is 11.0 Å². The van der Waals surface area contributed by atoms with Gasteiger partial charge in [0.1, 0.15) is 6.04 Å². The average Bonchev–Trinajstić information content (AvgIpc) is 2.28. The fourth-order valence-corrected chi connectivity index (χ4v) is 1.91. The van der Waals surface area contributed by atoms with Gasteiger partial charge in [-0.2, -0.15) is 13.2 Å². The first-order chi connectivity index (χ1) is 8.41. The van der Waals surface area contributed by atoms with Gasteiger partial charge in [-0.05, 0) is 24.6 Å². The van der Waals surface area contributed by atoms with E-state index < -0.39 is 11.7 Å². The van der Waals surface area contributed by atoms with Gasteiger partial charge in [-0.15, -0.1) is 0 Å². The van der Waals surface area contributed by atoms with E-state index >= 15 is 0 Å². The smallest absolute Gasteiger partial charge is 0.372 e. The number of benzene rings is 1. The van der Waals surface area contributed by atoms with Gasteiger partial charge in [0.05, 0.1) is 16.9 Å². The van der Waals surface area contributed by atoms with Crippen molar-refractivity contribution in [2.75, 3.05) is 10.6 Å². The highest BCUT2D eigenvalue weighted by Gasteiger charge is 2.33. The fraction of sp³-hybridized carbons (Fsp3) is 0.417. The molecular weight excluding hydrogens is 245 g/mol. The zero-order valence-electron chi connectivity index (χ0n) is 9.77. The van der Waals surface area contributed by atoms with Crippen molar-refractivity contribution in [3.05, 3.63) is 23.8 Å². The van der Waals surface area contributed by atoms with Crippen LogP contribution in [0.4, 0.5) is 24.5 Å². The fourth-order valence-electron chi connectivity index (χ4n) is 1.91. The van der Waals surface area contributed by atoms with E-state index in [1.54, 1.807) is 0 Å². The topological polar surface area (TPSA) is 41.1 Å². The van der Waals surface area contributed by atoms with Crippen LogP contribution in [0.3, 0.4) is 0 Å². The molecule has 0 aromatic heterocycles. The van der Waals surface area contributed by atoms with Crippen LogP contribution in [0.25, 0.3) is 0 Å². The minimum absolute atomic E-state index is 0.183. The van der Waals surface area contributed by atoms with Gasteiger partial charge >= 0.3 is 6.18 Å². The molecule has 1 aliphatic heterocycles. The summed E-state index contributed by atoms with van der Waals surface area (Å²) in [7, 11) is 0. The zero-order valence-corrected chi connectivity index (χ0v) is 9.77. The standard InChI is InChI=1S/C12H13F3N2O/c1-2-3-9-11(18)17-10-6-7(12(13,14)15)4-5-8(10)16-9/h4-6,9,16H,2-3H2,1H3,(H,17,18). The Kier molecular flexibility index (Phi) is 3.19. The maximum atomic E-state index is 12.5. The summed E-state index contributed by atoms with van der Waals surface area (Å²) in [4.78, 5) is 11.7. The molecule has 6 heteroatoms. The van der Waals surface area contributed by atoms with Gasteiger partial charge in [0.2, 0.25) is 5.91 Å². The van der Waals surface area contributed by atoms with Crippen molar-refractivity contribution in [3.63, 3.8) is 0 Å². The summed E-state index contributed by atoms with van der Waals surface area (Å²) in [5.74, 6) is -0.288. The normalized spacial score (nSPS) is 18.9. The van der Waals surface area contributed by atoms with E-state index in [0.717, 1.165) is 18.6 Å². The molecule has 3 nitrogen and oxygen atoms in total. The Morgan fingerprint density at radius 1 is 1.28 bits per heavy atom. The summed E-state index contributed by atoms with van der Waals surface area (Å²) in [6.07, 6.45) is -2.94. The molecule has 0 saturated carbocycles. The van der Waals surface area contributed by atoms with E-state index in [1.807, 2.05) is 6.92 Å². The van der Waals surface area contributed by atoms with Crippen LogP contribution >= 0.6 is 0 Å². The number of nitrogens with one attached hydrogen (secondary N) is 2. The lowest BCUT2D eigenvalue weighted by Gasteiger charge is -2.27. The molecule has 1 heterocycles. The lowest BCUT2D eigenvalue weighted by atomic mass is 10.1. The third kappa shape index (κ3) is 2.42. The molecule has 1 aliphatic rings. The number of rotatable bonds is 2. The monoisotopic (exact) mass is 258 g/mol. The van der Waals surface area contributed by atoms with Gasteiger partial charge in [-0.3, -0.25) is 4.79 Å². The predicted octanol–water partition coefficient (Wildman–Crippen LogP) is 3.24. The number of hydrogen-bond acceptors (Lipinski definition) is 2. The lowest BCUT2D eigenvalue weighted by Crippen LogP contribution is -2.38. The lowest BCUT2D eigenvalue weighted by molar-refractivity contribution is -0.137. The van der Waals surface area contributed by atoms with Crippen molar-refractivity contribution in [2.45, 2.75) is 32.0 Å². The summed E-state index contributed by atoms with van der Waals surface area (Å²) >= 11 is 0. The molecular formula is C12H13F3N2O. The van der Waals surface area contributed by atoms with E-state index in [4.69, 9.17) is 0 Å². The highest BCUT2D eigenvalue weighted by Crippen LogP contribution is 2.35. The van der Waals surface area contributed by atoms with Gasteiger partial charge in [-0.25, -0.2) is 0 Å². The van der Waals surface area contributed by atoms with Crippen molar-refractivity contribution in [1.82, 2.24) is 0 Å². The van der Waals surface area contributed by atoms with Crippen molar-refractivity contribution in [2.24, 2.45) is 0 Å². The number of hydrogen-bond donors (Lipinski definition) is 2. The number of carbonyl (C=O) groups is 1. The number of halogens is 3. The summed E-state index contributed by atoms with van der Waals surface area (Å²) in [5.41, 5.74) is -0.0551. The largest absolute Gasteiger partial charge is 0.416 e. The quantitative estimate of drug-likeness (QED) is 0.855. The van der Waals surface area contributed by atoms with Gasteiger partial charge in [-0.1, -0.05) is 13.3 Å². The van der Waals surface area contributed by atoms with Gasteiger partial charge in [0.15, 0.2) is 0 Å². The second-order valence-corrected chi connectivity index (χ2v) is 4.23. The van der Waals surface area contributed by atoms with Crippen molar-refractivity contribution >= 4 is 17.3 Å². The molecule has 2 rings (SSSR count). The molecule has 1 unspecified atom stereocenters. The molecule has 1 aromatic rings. The molecule has 0 spiro atoms. The second-order valence-electron chi connectivity index (χ2n) is 4.23. The highest BCUT2D eigenvalue weighted by atomic mass is 19.4. The third-order valence-corrected chi connectivity index (χ3v) is 2.83. The van der Waals surface area contributed by atoms with Gasteiger partial charge < -0.3 is 10.6 Å². The highest BCUT2D eigenvalue weighted by molar-refractivity contribution is 6.03. The number of fused-ring (bicyclic) bond motifs is 1. The molecule has 0 aliphatic carbocycles. The van der Waals surface area contributed by atoms with E-state index in [0.29, 0.717) is 12.1 Å². The summed E-state index contributed by atoms with van der Waals surface area (Å²) in [6.45, 7) is 1.94. The molecule has 1 atom stereocenters. The van der Waals surface area contributed by atoms with Gasteiger partial charge in [0, 0.05) is 0 Å². The Bertz CT molecular complexity index is 471. The molecule has 98 valence electrons. The summed E-state index contributed by atoms with van der Waals surface area (Å²) < 4.78 is 37.6. The first-order valence-corrected chi connectivity index (χ1v) is 5.70. The molecule has 1 aromatic carbocycles. The van der Waals surface area contributed by atoms with Crippen LogP contribution in [0.2, 0.25) is 0 Å². The van der Waals surface area contributed by atoms with E-state index in [9.17, 15) is 18.0 Å². The Morgan fingerprint density at radius 3 is 2.61 bits per heavy atom.